The highest BCUT2D eigenvalue weighted by Gasteiger charge is 2.39. The SMILES string of the molecule is O=C(NC1CC2CCC1N2)c1ccc(Sc2nncs2)cc1. The molecule has 114 valence electrons. The van der Waals surface area contributed by atoms with Crippen molar-refractivity contribution in [1.29, 1.82) is 0 Å². The van der Waals surface area contributed by atoms with E-state index in [1.807, 2.05) is 24.3 Å². The highest BCUT2D eigenvalue weighted by molar-refractivity contribution is 8.01. The van der Waals surface area contributed by atoms with Crippen LogP contribution in [0, 0.1) is 0 Å². The molecule has 22 heavy (non-hydrogen) atoms. The van der Waals surface area contributed by atoms with Crippen LogP contribution in [0.3, 0.4) is 0 Å². The van der Waals surface area contributed by atoms with Crippen LogP contribution < -0.4 is 10.6 Å². The van der Waals surface area contributed by atoms with Gasteiger partial charge in [-0.25, -0.2) is 0 Å². The number of hydrogen-bond acceptors (Lipinski definition) is 6. The van der Waals surface area contributed by atoms with E-state index in [4.69, 9.17) is 0 Å². The monoisotopic (exact) mass is 332 g/mol. The van der Waals surface area contributed by atoms with E-state index in [0.717, 1.165) is 15.7 Å². The molecule has 2 aromatic rings. The summed E-state index contributed by atoms with van der Waals surface area (Å²) in [6, 6.07) is 9.00. The average Bonchev–Trinajstić information content (AvgIpc) is 3.25. The van der Waals surface area contributed by atoms with Gasteiger partial charge in [0.15, 0.2) is 4.34 Å². The van der Waals surface area contributed by atoms with Crippen LogP contribution in [0.1, 0.15) is 29.6 Å². The molecule has 2 N–H and O–H groups in total. The zero-order valence-corrected chi connectivity index (χ0v) is 13.5. The first-order chi connectivity index (χ1) is 10.8. The van der Waals surface area contributed by atoms with Crippen LogP contribution in [0.5, 0.6) is 0 Å². The summed E-state index contributed by atoms with van der Waals surface area (Å²) in [7, 11) is 0. The number of hydrogen-bond donors (Lipinski definition) is 2. The van der Waals surface area contributed by atoms with E-state index in [-0.39, 0.29) is 11.9 Å². The predicted octanol–water partition coefficient (Wildman–Crippen LogP) is 2.31. The Kier molecular flexibility index (Phi) is 3.85. The largest absolute Gasteiger partial charge is 0.348 e. The van der Waals surface area contributed by atoms with E-state index in [1.165, 1.54) is 24.2 Å². The fraction of sp³-hybridized carbons (Fsp3) is 0.400. The first-order valence-electron chi connectivity index (χ1n) is 7.39. The van der Waals surface area contributed by atoms with Gasteiger partial charge < -0.3 is 10.6 Å². The van der Waals surface area contributed by atoms with Gasteiger partial charge >= 0.3 is 0 Å². The molecule has 1 aromatic carbocycles. The van der Waals surface area contributed by atoms with Crippen LogP contribution in [0.2, 0.25) is 0 Å². The van der Waals surface area contributed by atoms with Crippen LogP contribution in [-0.2, 0) is 0 Å². The summed E-state index contributed by atoms with van der Waals surface area (Å²) in [6.07, 6.45) is 3.48. The molecule has 0 spiro atoms. The van der Waals surface area contributed by atoms with Gasteiger partial charge in [0.2, 0.25) is 0 Å². The second-order valence-electron chi connectivity index (χ2n) is 5.69. The average molecular weight is 332 g/mol. The number of fused-ring (bicyclic) bond motifs is 2. The van der Waals surface area contributed by atoms with Gasteiger partial charge in [-0.1, -0.05) is 23.1 Å². The smallest absolute Gasteiger partial charge is 0.251 e. The van der Waals surface area contributed by atoms with Gasteiger partial charge in [-0.2, -0.15) is 0 Å². The summed E-state index contributed by atoms with van der Waals surface area (Å²) in [5, 5.41) is 14.5. The van der Waals surface area contributed by atoms with Gasteiger partial charge in [0.25, 0.3) is 5.91 Å². The number of nitrogens with one attached hydrogen (secondary N) is 2. The molecule has 3 atom stereocenters. The summed E-state index contributed by atoms with van der Waals surface area (Å²) in [4.78, 5) is 13.4. The molecular weight excluding hydrogens is 316 g/mol. The van der Waals surface area contributed by atoms with E-state index >= 15 is 0 Å². The topological polar surface area (TPSA) is 66.9 Å². The van der Waals surface area contributed by atoms with Crippen molar-refractivity contribution < 1.29 is 4.79 Å². The maximum absolute atomic E-state index is 12.3. The molecule has 2 aliphatic rings. The summed E-state index contributed by atoms with van der Waals surface area (Å²) >= 11 is 3.07. The van der Waals surface area contributed by atoms with Crippen molar-refractivity contribution in [2.45, 2.75) is 46.6 Å². The summed E-state index contributed by atoms with van der Waals surface area (Å²) in [5.74, 6) is 0.0202. The van der Waals surface area contributed by atoms with E-state index in [9.17, 15) is 4.79 Å². The molecule has 2 fully saturated rings. The lowest BCUT2D eigenvalue weighted by atomic mass is 9.95. The minimum atomic E-state index is 0.0202. The first-order valence-corrected chi connectivity index (χ1v) is 9.08. The molecule has 1 amide bonds. The van der Waals surface area contributed by atoms with Gasteiger partial charge in [-0.3, -0.25) is 4.79 Å². The minimum absolute atomic E-state index is 0.0202. The summed E-state index contributed by atoms with van der Waals surface area (Å²) in [6.45, 7) is 0. The molecule has 2 bridgehead atoms. The van der Waals surface area contributed by atoms with Gasteiger partial charge in [0.05, 0.1) is 0 Å². The zero-order chi connectivity index (χ0) is 14.9. The minimum Gasteiger partial charge on any atom is -0.348 e. The summed E-state index contributed by atoms with van der Waals surface area (Å²) < 4.78 is 0.908. The number of nitrogens with zero attached hydrogens (tertiary/aromatic N) is 2. The highest BCUT2D eigenvalue weighted by Crippen LogP contribution is 2.29. The Morgan fingerprint density at radius 3 is 2.82 bits per heavy atom. The second-order valence-corrected chi connectivity index (χ2v) is 7.85. The number of carbonyl (C=O) groups excluding carboxylic acids is 1. The molecule has 0 aliphatic carbocycles. The molecule has 2 aliphatic heterocycles. The van der Waals surface area contributed by atoms with Crippen molar-refractivity contribution in [2.75, 3.05) is 0 Å². The predicted molar refractivity (Wildman–Crippen MR) is 86.3 cm³/mol. The number of aromatic nitrogens is 2. The van der Waals surface area contributed by atoms with Crippen LogP contribution in [0.4, 0.5) is 0 Å². The van der Waals surface area contributed by atoms with Gasteiger partial charge in [-0.15, -0.1) is 10.2 Å². The van der Waals surface area contributed by atoms with Gasteiger partial charge in [0.1, 0.15) is 5.51 Å². The number of rotatable bonds is 4. The molecule has 0 saturated carbocycles. The van der Waals surface area contributed by atoms with Crippen molar-refractivity contribution in [3.63, 3.8) is 0 Å². The van der Waals surface area contributed by atoms with Crippen LogP contribution >= 0.6 is 23.1 Å². The van der Waals surface area contributed by atoms with E-state index in [1.54, 1.807) is 17.3 Å². The zero-order valence-electron chi connectivity index (χ0n) is 11.9. The van der Waals surface area contributed by atoms with Gasteiger partial charge in [-0.05, 0) is 43.5 Å². The Bertz CT molecular complexity index is 659. The molecule has 1 aromatic heterocycles. The van der Waals surface area contributed by atoms with Crippen LogP contribution in [-0.4, -0.2) is 34.2 Å². The third-order valence-electron chi connectivity index (χ3n) is 4.28. The Labute approximate surface area is 136 Å². The van der Waals surface area contributed by atoms with E-state index in [2.05, 4.69) is 20.8 Å². The second kappa shape index (κ2) is 5.98. The third kappa shape index (κ3) is 2.88. The van der Waals surface area contributed by atoms with Crippen molar-refractivity contribution >= 4 is 29.0 Å². The molecule has 0 radical (unpaired) electrons. The lowest BCUT2D eigenvalue weighted by Crippen LogP contribution is -2.42. The van der Waals surface area contributed by atoms with Crippen molar-refractivity contribution in [2.24, 2.45) is 0 Å². The Balaban J connectivity index is 1.38. The third-order valence-corrected chi connectivity index (χ3v) is 6.06. The van der Waals surface area contributed by atoms with Crippen LogP contribution in [0.25, 0.3) is 0 Å². The maximum atomic E-state index is 12.3. The lowest BCUT2D eigenvalue weighted by Gasteiger charge is -2.21. The van der Waals surface area contributed by atoms with Crippen molar-refractivity contribution in [3.8, 4) is 0 Å². The number of benzene rings is 1. The summed E-state index contributed by atoms with van der Waals surface area (Å²) in [5.41, 5.74) is 2.43. The standard InChI is InChI=1S/C15H16N4OS2/c20-14(18-13-7-10-3-6-12(13)17-10)9-1-4-11(5-2-9)22-15-19-16-8-21-15/h1-2,4-5,8,10,12-13,17H,3,6-7H2,(H,18,20). The highest BCUT2D eigenvalue weighted by atomic mass is 32.2. The van der Waals surface area contributed by atoms with E-state index < -0.39 is 0 Å². The Morgan fingerprint density at radius 2 is 2.18 bits per heavy atom. The molecular formula is C15H16N4OS2. The molecule has 5 nitrogen and oxygen atoms in total. The Morgan fingerprint density at radius 1 is 1.32 bits per heavy atom. The van der Waals surface area contributed by atoms with Crippen molar-refractivity contribution in [1.82, 2.24) is 20.8 Å². The molecule has 3 unspecified atom stereocenters. The van der Waals surface area contributed by atoms with E-state index in [0.29, 0.717) is 17.6 Å². The Hall–Kier alpha value is -1.44. The van der Waals surface area contributed by atoms with Gasteiger partial charge in [0, 0.05) is 28.6 Å². The molecule has 3 heterocycles. The number of amides is 1. The molecule has 4 rings (SSSR count). The maximum Gasteiger partial charge on any atom is 0.251 e. The fourth-order valence-electron chi connectivity index (χ4n) is 3.22. The fourth-order valence-corrected chi connectivity index (χ4v) is 4.67. The first kappa shape index (κ1) is 14.2. The lowest BCUT2D eigenvalue weighted by molar-refractivity contribution is 0.0931. The molecule has 2 saturated heterocycles. The normalized spacial score (nSPS) is 26.3. The molecule has 7 heteroatoms. The van der Waals surface area contributed by atoms with Crippen molar-refractivity contribution in [3.05, 3.63) is 35.3 Å². The number of carbonyl (C=O) groups is 1. The quantitative estimate of drug-likeness (QED) is 0.899. The van der Waals surface area contributed by atoms with Crippen LogP contribution in [0.15, 0.2) is 39.0 Å².